The lowest BCUT2D eigenvalue weighted by atomic mass is 9.96. The lowest BCUT2D eigenvalue weighted by molar-refractivity contribution is 0.0442. The van der Waals surface area contributed by atoms with Crippen LogP contribution in [0.5, 0.6) is 0 Å². The van der Waals surface area contributed by atoms with Crippen molar-refractivity contribution >= 4 is 10.0 Å². The molecule has 0 bridgehead atoms. The Morgan fingerprint density at radius 3 is 2.80 bits per heavy atom. The van der Waals surface area contributed by atoms with Crippen LogP contribution in [0, 0.1) is 5.92 Å². The zero-order valence-electron chi connectivity index (χ0n) is 12.1. The maximum absolute atomic E-state index is 12.0. The normalized spacial score (nSPS) is 23.6. The smallest absolute Gasteiger partial charge is 0.211 e. The molecule has 0 aromatic heterocycles. The lowest BCUT2D eigenvalue weighted by Gasteiger charge is -2.24. The van der Waals surface area contributed by atoms with Crippen LogP contribution in [0.25, 0.3) is 0 Å². The molecule has 20 heavy (non-hydrogen) atoms. The van der Waals surface area contributed by atoms with Gasteiger partial charge in [-0.1, -0.05) is 44.5 Å². The molecular weight excluding hydrogens is 274 g/mol. The van der Waals surface area contributed by atoms with Gasteiger partial charge in [-0.15, -0.1) is 0 Å². The summed E-state index contributed by atoms with van der Waals surface area (Å²) < 4.78 is 26.5. The number of rotatable bonds is 6. The first-order valence-electron chi connectivity index (χ1n) is 7.14. The number of fused-ring (bicyclic) bond motifs is 1. The number of sulfonamides is 1. The molecule has 2 unspecified atom stereocenters. The molecule has 2 atom stereocenters. The minimum Gasteiger partial charge on any atom is -0.384 e. The van der Waals surface area contributed by atoms with E-state index in [-0.39, 0.29) is 18.2 Å². The van der Waals surface area contributed by atoms with Crippen molar-refractivity contribution in [2.24, 2.45) is 5.92 Å². The molecule has 0 radical (unpaired) electrons. The zero-order valence-corrected chi connectivity index (χ0v) is 12.9. The van der Waals surface area contributed by atoms with Crippen molar-refractivity contribution in [3.05, 3.63) is 35.4 Å². The average molecular weight is 297 g/mol. The van der Waals surface area contributed by atoms with Gasteiger partial charge < -0.3 is 5.11 Å². The standard InChI is InChI=1S/C15H23NO3S/c1-3-12(2)10-20(18,19)16-11-15(17)9-8-13-6-4-5-7-14(13)15/h4-7,12,16-17H,3,8-11H2,1-2H3. The maximum Gasteiger partial charge on any atom is 0.211 e. The van der Waals surface area contributed by atoms with E-state index in [0.717, 1.165) is 24.0 Å². The second-order valence-electron chi connectivity index (χ2n) is 5.80. The minimum atomic E-state index is -3.33. The zero-order chi connectivity index (χ0) is 14.8. The number of aliphatic hydroxyl groups is 1. The quantitative estimate of drug-likeness (QED) is 0.841. The molecule has 2 rings (SSSR count). The summed E-state index contributed by atoms with van der Waals surface area (Å²) in [5.74, 6) is 0.235. The summed E-state index contributed by atoms with van der Waals surface area (Å²) in [7, 11) is -3.33. The second-order valence-corrected chi connectivity index (χ2v) is 7.66. The maximum atomic E-state index is 12.0. The van der Waals surface area contributed by atoms with E-state index in [4.69, 9.17) is 0 Å². The fourth-order valence-electron chi connectivity index (χ4n) is 2.63. The summed E-state index contributed by atoms with van der Waals surface area (Å²) in [5, 5.41) is 10.7. The largest absolute Gasteiger partial charge is 0.384 e. The highest BCUT2D eigenvalue weighted by molar-refractivity contribution is 7.89. The van der Waals surface area contributed by atoms with Gasteiger partial charge in [0.25, 0.3) is 0 Å². The van der Waals surface area contributed by atoms with Gasteiger partial charge in [0.1, 0.15) is 5.60 Å². The van der Waals surface area contributed by atoms with Crippen LogP contribution in [0.3, 0.4) is 0 Å². The van der Waals surface area contributed by atoms with Gasteiger partial charge in [-0.3, -0.25) is 0 Å². The van der Waals surface area contributed by atoms with Gasteiger partial charge in [0.2, 0.25) is 10.0 Å². The Morgan fingerprint density at radius 1 is 1.40 bits per heavy atom. The molecule has 1 aromatic carbocycles. The Labute approximate surface area is 121 Å². The first kappa shape index (κ1) is 15.5. The van der Waals surface area contributed by atoms with Crippen LogP contribution in [0.2, 0.25) is 0 Å². The van der Waals surface area contributed by atoms with Crippen LogP contribution in [-0.4, -0.2) is 25.8 Å². The summed E-state index contributed by atoms with van der Waals surface area (Å²) in [6, 6.07) is 7.69. The third-order valence-electron chi connectivity index (χ3n) is 4.11. The lowest BCUT2D eigenvalue weighted by Crippen LogP contribution is -2.40. The number of nitrogens with one attached hydrogen (secondary N) is 1. The van der Waals surface area contributed by atoms with Crippen molar-refractivity contribution in [2.45, 2.75) is 38.7 Å². The third-order valence-corrected chi connectivity index (χ3v) is 5.70. The molecule has 112 valence electrons. The van der Waals surface area contributed by atoms with Gasteiger partial charge in [-0.05, 0) is 29.9 Å². The van der Waals surface area contributed by atoms with Crippen LogP contribution in [0.1, 0.15) is 37.8 Å². The van der Waals surface area contributed by atoms with Crippen molar-refractivity contribution in [3.63, 3.8) is 0 Å². The molecule has 0 saturated carbocycles. The molecule has 5 heteroatoms. The Kier molecular flexibility index (Phi) is 4.52. The van der Waals surface area contributed by atoms with E-state index in [1.807, 2.05) is 38.1 Å². The van der Waals surface area contributed by atoms with Crippen LogP contribution >= 0.6 is 0 Å². The van der Waals surface area contributed by atoms with Crippen LogP contribution < -0.4 is 4.72 Å². The van der Waals surface area contributed by atoms with E-state index in [1.54, 1.807) is 0 Å². The summed E-state index contributed by atoms with van der Waals surface area (Å²) in [6.45, 7) is 3.95. The Balaban J connectivity index is 2.05. The molecule has 2 N–H and O–H groups in total. The van der Waals surface area contributed by atoms with E-state index in [2.05, 4.69) is 4.72 Å². The minimum absolute atomic E-state index is 0.0583. The van der Waals surface area contributed by atoms with E-state index in [0.29, 0.717) is 6.42 Å². The fraction of sp³-hybridized carbons (Fsp3) is 0.600. The predicted octanol–water partition coefficient (Wildman–Crippen LogP) is 1.79. The highest BCUT2D eigenvalue weighted by Gasteiger charge is 2.37. The predicted molar refractivity (Wildman–Crippen MR) is 79.9 cm³/mol. The number of aryl methyl sites for hydroxylation is 1. The number of hydrogen-bond donors (Lipinski definition) is 2. The van der Waals surface area contributed by atoms with Gasteiger partial charge in [-0.2, -0.15) is 0 Å². The van der Waals surface area contributed by atoms with Crippen LogP contribution in [0.4, 0.5) is 0 Å². The first-order chi connectivity index (χ1) is 9.36. The molecule has 0 heterocycles. The molecule has 1 aliphatic rings. The Bertz CT molecular complexity index is 570. The molecule has 1 aliphatic carbocycles. The molecule has 4 nitrogen and oxygen atoms in total. The molecule has 0 aliphatic heterocycles. The SMILES string of the molecule is CCC(C)CS(=O)(=O)NCC1(O)CCc2ccccc21. The monoisotopic (exact) mass is 297 g/mol. The summed E-state index contributed by atoms with van der Waals surface area (Å²) >= 11 is 0. The molecular formula is C15H23NO3S. The topological polar surface area (TPSA) is 66.4 Å². The molecule has 1 aromatic rings. The van der Waals surface area contributed by atoms with Crippen molar-refractivity contribution < 1.29 is 13.5 Å². The van der Waals surface area contributed by atoms with Crippen LogP contribution in [-0.2, 0) is 22.0 Å². The molecule has 0 spiro atoms. The number of hydrogen-bond acceptors (Lipinski definition) is 3. The summed E-state index contributed by atoms with van der Waals surface area (Å²) in [4.78, 5) is 0. The average Bonchev–Trinajstić information content (AvgIpc) is 2.75. The van der Waals surface area contributed by atoms with Gasteiger partial charge >= 0.3 is 0 Å². The first-order valence-corrected chi connectivity index (χ1v) is 8.79. The van der Waals surface area contributed by atoms with Crippen molar-refractivity contribution in [1.29, 1.82) is 0 Å². The van der Waals surface area contributed by atoms with Crippen molar-refractivity contribution in [2.75, 3.05) is 12.3 Å². The van der Waals surface area contributed by atoms with Gasteiger partial charge in [0.05, 0.1) is 5.75 Å². The van der Waals surface area contributed by atoms with Gasteiger partial charge in [0.15, 0.2) is 0 Å². The van der Waals surface area contributed by atoms with Crippen molar-refractivity contribution in [1.82, 2.24) is 4.72 Å². The second kappa shape index (κ2) is 5.84. The summed E-state index contributed by atoms with van der Waals surface area (Å²) in [6.07, 6.45) is 2.19. The van der Waals surface area contributed by atoms with E-state index < -0.39 is 15.6 Å². The Morgan fingerprint density at radius 2 is 2.10 bits per heavy atom. The number of benzene rings is 1. The van der Waals surface area contributed by atoms with Crippen LogP contribution in [0.15, 0.2) is 24.3 Å². The van der Waals surface area contributed by atoms with E-state index in [1.165, 1.54) is 0 Å². The van der Waals surface area contributed by atoms with E-state index in [9.17, 15) is 13.5 Å². The van der Waals surface area contributed by atoms with Gasteiger partial charge in [-0.25, -0.2) is 13.1 Å². The molecule has 0 saturated heterocycles. The third kappa shape index (κ3) is 3.40. The highest BCUT2D eigenvalue weighted by atomic mass is 32.2. The highest BCUT2D eigenvalue weighted by Crippen LogP contribution is 2.36. The van der Waals surface area contributed by atoms with E-state index >= 15 is 0 Å². The Hall–Kier alpha value is -0.910. The molecule has 0 amide bonds. The molecule has 0 fully saturated rings. The summed E-state index contributed by atoms with van der Waals surface area (Å²) in [5.41, 5.74) is 0.890. The van der Waals surface area contributed by atoms with Crippen molar-refractivity contribution in [3.8, 4) is 0 Å². The van der Waals surface area contributed by atoms with Gasteiger partial charge in [0, 0.05) is 6.54 Å². The fourth-order valence-corrected chi connectivity index (χ4v) is 4.19.